The molecule has 20 nitrogen and oxygen atoms in total. The van der Waals surface area contributed by atoms with Crippen LogP contribution in [-0.4, -0.2) is 137 Å². The summed E-state index contributed by atoms with van der Waals surface area (Å²) in [6.07, 6.45) is 4.90. The van der Waals surface area contributed by atoms with Crippen LogP contribution in [0.25, 0.3) is 43.1 Å². The molecule has 0 N–H and O–H groups in total. The predicted octanol–water partition coefficient (Wildman–Crippen LogP) is 25.7. The highest BCUT2D eigenvalue weighted by molar-refractivity contribution is 5.93. The lowest BCUT2D eigenvalue weighted by Gasteiger charge is -2.44. The second-order valence-electron chi connectivity index (χ2n) is 36.3. The average Bonchev–Trinajstić information content (AvgIpc) is 1.03. The van der Waals surface area contributed by atoms with Crippen LogP contribution >= 0.6 is 0 Å². The zero-order valence-corrected chi connectivity index (χ0v) is 82.8. The second-order valence-corrected chi connectivity index (χ2v) is 36.3. The first-order valence-corrected chi connectivity index (χ1v) is 48.5. The van der Waals surface area contributed by atoms with Gasteiger partial charge in [0.15, 0.2) is 0 Å². The van der Waals surface area contributed by atoms with E-state index in [-0.39, 0.29) is 5.41 Å². The molecule has 142 heavy (non-hydrogen) atoms. The molecule has 1 spiro atoms. The molecule has 5 saturated heterocycles. The SMILES string of the molecule is COc1c(C2(c3ccccc3)OCC(C)(C)CO2)ccc2ccccc12.COc1c(C2(c3ccccc3)OCCCCO2)ccc2ccccc12.COc1c(C2(c3ccccc3)OCCCO2)ccc2ccccc12.COc1c(C2(c3ccccc3)OCCO2)ccc2ccccc12.COc1ccc2c(c1)C(OC)(OC)c1ccccc1N2C.COc1ccc2c(c1)C1(OCCCCO1)c1ccccc1N2C. The maximum Gasteiger partial charge on any atom is 0.226 e. The summed E-state index contributed by atoms with van der Waals surface area (Å²) in [4.78, 5) is 4.33. The van der Waals surface area contributed by atoms with Gasteiger partial charge in [0.2, 0.25) is 34.7 Å². The number of hydrogen-bond acceptors (Lipinski definition) is 20. The molecule has 7 aliphatic heterocycles. The summed E-state index contributed by atoms with van der Waals surface area (Å²) in [5.41, 5.74) is 15.9. The number of methoxy groups -OCH3 is 8. The van der Waals surface area contributed by atoms with Gasteiger partial charge in [0.25, 0.3) is 0 Å². The van der Waals surface area contributed by atoms with E-state index in [0.29, 0.717) is 66.1 Å². The molecule has 0 amide bonds. The van der Waals surface area contributed by atoms with Gasteiger partial charge in [0.05, 0.1) is 142 Å². The summed E-state index contributed by atoms with van der Waals surface area (Å²) in [5, 5.41) is 8.78. The monoisotopic (exact) mass is 1900 g/mol. The van der Waals surface area contributed by atoms with Crippen molar-refractivity contribution in [1.82, 2.24) is 0 Å². The maximum absolute atomic E-state index is 6.44. The number of ether oxygens (including phenoxy) is 18. The van der Waals surface area contributed by atoms with Gasteiger partial charge in [0.1, 0.15) is 34.5 Å². The molecule has 7 heterocycles. The Morgan fingerprint density at radius 2 is 0.486 bits per heavy atom. The van der Waals surface area contributed by atoms with Crippen LogP contribution in [0.15, 0.2) is 352 Å². The Hall–Kier alpha value is -13.5. The number of hydrogen-bond donors (Lipinski definition) is 0. The van der Waals surface area contributed by atoms with Crippen LogP contribution in [0.4, 0.5) is 22.7 Å². The van der Waals surface area contributed by atoms with E-state index in [9.17, 15) is 0 Å². The molecule has 20 heteroatoms. The summed E-state index contributed by atoms with van der Waals surface area (Å²) in [7, 11) is 17.6. The molecule has 0 saturated carbocycles. The lowest BCUT2D eigenvalue weighted by atomic mass is 9.89. The summed E-state index contributed by atoms with van der Waals surface area (Å²) < 4.78 is 109. The highest BCUT2D eigenvalue weighted by Crippen LogP contribution is 2.56. The molecular weight excluding hydrogens is 1780 g/mol. The van der Waals surface area contributed by atoms with Gasteiger partial charge >= 0.3 is 0 Å². The summed E-state index contributed by atoms with van der Waals surface area (Å²) in [6.45, 7) is 10.7. The molecule has 23 rings (SSSR count). The Morgan fingerprint density at radius 1 is 0.218 bits per heavy atom. The normalized spacial score (nSPS) is 17.3. The third-order valence-electron chi connectivity index (χ3n) is 27.2. The minimum absolute atomic E-state index is 0.0254. The zero-order chi connectivity index (χ0) is 98.3. The van der Waals surface area contributed by atoms with Gasteiger partial charge in [-0.25, -0.2) is 0 Å². The number of nitrogens with zero attached hydrogens (tertiary/aromatic N) is 2. The van der Waals surface area contributed by atoms with Crippen LogP contribution in [0, 0.1) is 5.41 Å². The van der Waals surface area contributed by atoms with Gasteiger partial charge in [-0.3, -0.25) is 0 Å². The Morgan fingerprint density at radius 3 is 0.824 bits per heavy atom. The van der Waals surface area contributed by atoms with Crippen molar-refractivity contribution < 1.29 is 85.3 Å². The zero-order valence-electron chi connectivity index (χ0n) is 82.8. The lowest BCUT2D eigenvalue weighted by molar-refractivity contribution is -0.284. The average molecular weight is 1910 g/mol. The van der Waals surface area contributed by atoms with E-state index >= 15 is 0 Å². The van der Waals surface area contributed by atoms with E-state index in [0.717, 1.165) is 199 Å². The summed E-state index contributed by atoms with van der Waals surface area (Å²) in [5.74, 6) is -0.697. The van der Waals surface area contributed by atoms with E-state index in [1.807, 2.05) is 232 Å². The smallest absolute Gasteiger partial charge is 0.226 e. The quantitative estimate of drug-likeness (QED) is 0.0835. The van der Waals surface area contributed by atoms with Crippen LogP contribution in [-0.2, 0) is 91.6 Å². The summed E-state index contributed by atoms with van der Waals surface area (Å²) >= 11 is 0. The van der Waals surface area contributed by atoms with Crippen molar-refractivity contribution in [3.63, 3.8) is 0 Å². The molecule has 0 atom stereocenters. The van der Waals surface area contributed by atoms with E-state index < -0.39 is 34.7 Å². The molecule has 7 aliphatic rings. The third-order valence-corrected chi connectivity index (χ3v) is 27.2. The minimum atomic E-state index is -0.966. The number of fused-ring (bicyclic) bond motifs is 10. The van der Waals surface area contributed by atoms with Crippen molar-refractivity contribution in [1.29, 1.82) is 0 Å². The first-order chi connectivity index (χ1) is 69.5. The lowest BCUT2D eigenvalue weighted by Crippen LogP contribution is -2.46. The van der Waals surface area contributed by atoms with Crippen molar-refractivity contribution in [3.05, 3.63) is 419 Å². The van der Waals surface area contributed by atoms with Crippen molar-refractivity contribution >= 4 is 65.8 Å². The van der Waals surface area contributed by atoms with Crippen LogP contribution in [0.3, 0.4) is 0 Å². The van der Waals surface area contributed by atoms with E-state index in [2.05, 4.69) is 158 Å². The van der Waals surface area contributed by atoms with Crippen LogP contribution in [0.2, 0.25) is 0 Å². The fraction of sp³-hybridized carbons (Fsp3) is 0.279. The predicted molar refractivity (Wildman–Crippen MR) is 558 cm³/mol. The maximum atomic E-state index is 6.44. The fourth-order valence-electron chi connectivity index (χ4n) is 20.3. The van der Waals surface area contributed by atoms with Crippen molar-refractivity contribution in [3.8, 4) is 34.5 Å². The van der Waals surface area contributed by atoms with Crippen molar-refractivity contribution in [2.45, 2.75) is 80.7 Å². The molecular formula is C122H124N2O18. The minimum Gasteiger partial charge on any atom is -0.497 e. The Kier molecular flexibility index (Phi) is 30.5. The van der Waals surface area contributed by atoms with Gasteiger partial charge in [-0.1, -0.05) is 293 Å². The molecule has 0 aromatic heterocycles. The molecule has 0 aliphatic carbocycles. The number of rotatable bonds is 16. The van der Waals surface area contributed by atoms with Gasteiger partial charge < -0.3 is 95.1 Å². The largest absolute Gasteiger partial charge is 0.497 e. The standard InChI is InChI=1S/C23H24O3.C22H22O3.C21H20O3.C20H18O3.C19H21NO3.C17H19NO3/c1-22(2)15-25-23(26-16-22,18-10-5-4-6-11-18)20-14-13-17-9-7-8-12-19(17)21(20)24-3;1-23-21-19-12-6-5-9-17(19)13-14-20(21)22(18-10-3-2-4-11-18)24-15-7-8-16-25-22;1-22-20-18-11-6-5-8-16(18)12-13-19(20)21(23-14-7-15-24-21)17-9-3-2-4-10-17;1-21-19-17-10-6-5-7-15(17)11-12-18(19)20(22-13-14-23-20)16-8-3-2-4-9-16;1-20-17-8-4-3-7-15(17)19(22-11-5-6-12-23-19)16-13-14(21-2)9-10-18(16)20;1-18-15-8-6-5-7-13(15)17(20-3,21-4)14-11-12(19-2)9-10-16(14)18/h4-14H,15-16H2,1-3H3;2-6,9-14H,7-8,15-16H2,1H3;2-6,8-13H,7,14-15H2,1H3;2-12H,13-14H2,1H3;3-4,7-10,13H,5-6,11-12H2,1-2H3;5-11H,1-4H3. The first kappa shape index (κ1) is 98.7. The van der Waals surface area contributed by atoms with Crippen LogP contribution in [0.5, 0.6) is 34.5 Å². The van der Waals surface area contributed by atoms with Crippen molar-refractivity contribution in [2.75, 3.05) is 147 Å². The van der Waals surface area contributed by atoms with Gasteiger partial charge in [-0.15, -0.1) is 0 Å². The Labute approximate surface area is 832 Å². The molecule has 16 aromatic rings. The number of anilines is 4. The van der Waals surface area contributed by atoms with Crippen LogP contribution in [0.1, 0.15) is 113 Å². The van der Waals surface area contributed by atoms with Crippen molar-refractivity contribution in [2.24, 2.45) is 5.41 Å². The highest BCUT2D eigenvalue weighted by Gasteiger charge is 2.51. The van der Waals surface area contributed by atoms with Gasteiger partial charge in [-0.2, -0.15) is 0 Å². The molecule has 0 bridgehead atoms. The number of benzene rings is 16. The highest BCUT2D eigenvalue weighted by atomic mass is 16.7. The molecule has 0 radical (unpaired) electrons. The second kappa shape index (κ2) is 43.9. The van der Waals surface area contributed by atoms with E-state index in [4.69, 9.17) is 85.3 Å². The summed E-state index contributed by atoms with van der Waals surface area (Å²) in [6, 6.07) is 118. The topological polar surface area (TPSA) is 173 Å². The molecule has 16 aromatic carbocycles. The van der Waals surface area contributed by atoms with Crippen LogP contribution < -0.4 is 38.2 Å². The molecule has 0 unspecified atom stereocenters. The van der Waals surface area contributed by atoms with E-state index in [1.165, 1.54) is 0 Å². The third kappa shape index (κ3) is 19.0. The fourth-order valence-corrected chi connectivity index (χ4v) is 20.3. The van der Waals surface area contributed by atoms with Gasteiger partial charge in [-0.05, 0) is 126 Å². The van der Waals surface area contributed by atoms with E-state index in [1.54, 1.807) is 56.9 Å². The Balaban J connectivity index is 0.000000113. The Bertz CT molecular complexity index is 6940. The first-order valence-electron chi connectivity index (χ1n) is 48.5. The van der Waals surface area contributed by atoms with Gasteiger partial charge in [0, 0.05) is 111 Å². The molecule has 730 valence electrons. The number of para-hydroxylation sites is 2. The molecule has 5 fully saturated rings.